The van der Waals surface area contributed by atoms with Crippen LogP contribution in [0.15, 0.2) is 24.4 Å². The van der Waals surface area contributed by atoms with Crippen LogP contribution in [0, 0.1) is 0 Å². The van der Waals surface area contributed by atoms with E-state index < -0.39 is 0 Å². The molecule has 1 atom stereocenters. The van der Waals surface area contributed by atoms with E-state index in [2.05, 4.69) is 4.98 Å². The summed E-state index contributed by atoms with van der Waals surface area (Å²) in [6.45, 7) is 0.866. The van der Waals surface area contributed by atoms with E-state index in [9.17, 15) is 4.79 Å². The summed E-state index contributed by atoms with van der Waals surface area (Å²) in [5, 5.41) is 0. The van der Waals surface area contributed by atoms with E-state index in [0.29, 0.717) is 0 Å². The summed E-state index contributed by atoms with van der Waals surface area (Å²) in [6, 6.07) is 5.50. The minimum absolute atomic E-state index is 0. The van der Waals surface area contributed by atoms with Gasteiger partial charge < -0.3 is 10.6 Å². The van der Waals surface area contributed by atoms with Crippen LogP contribution in [-0.2, 0) is 4.79 Å². The highest BCUT2D eigenvalue weighted by molar-refractivity contribution is 5.85. The summed E-state index contributed by atoms with van der Waals surface area (Å²) >= 11 is 0. The molecule has 15 heavy (non-hydrogen) atoms. The van der Waals surface area contributed by atoms with Crippen LogP contribution in [0.3, 0.4) is 0 Å². The highest BCUT2D eigenvalue weighted by Gasteiger charge is 2.29. The van der Waals surface area contributed by atoms with Gasteiger partial charge in [-0.2, -0.15) is 0 Å². The SMILES string of the molecule is Cl.NC(=O)C1CCCN1c1ccccn1. The first-order chi connectivity index (χ1) is 6.79. The van der Waals surface area contributed by atoms with Crippen molar-refractivity contribution in [2.24, 2.45) is 5.73 Å². The Labute approximate surface area is 94.9 Å². The Morgan fingerprint density at radius 2 is 2.33 bits per heavy atom. The van der Waals surface area contributed by atoms with Crippen molar-refractivity contribution in [1.29, 1.82) is 0 Å². The number of primary amides is 1. The molecular formula is C10H14ClN3O. The Balaban J connectivity index is 0.00000112. The quantitative estimate of drug-likeness (QED) is 0.819. The molecule has 5 heteroatoms. The lowest BCUT2D eigenvalue weighted by Gasteiger charge is -2.22. The minimum Gasteiger partial charge on any atom is -0.368 e. The van der Waals surface area contributed by atoms with Gasteiger partial charge in [-0.15, -0.1) is 12.4 Å². The molecule has 0 saturated carbocycles. The standard InChI is InChI=1S/C10H13N3O.ClH/c11-10(14)8-4-3-7-13(8)9-5-1-2-6-12-9;/h1-2,5-6,8H,3-4,7H2,(H2,11,14);1H. The number of anilines is 1. The van der Waals surface area contributed by atoms with E-state index in [1.165, 1.54) is 0 Å². The largest absolute Gasteiger partial charge is 0.368 e. The number of carbonyl (C=O) groups is 1. The summed E-state index contributed by atoms with van der Waals surface area (Å²) in [4.78, 5) is 17.3. The van der Waals surface area contributed by atoms with Crippen molar-refractivity contribution < 1.29 is 4.79 Å². The first-order valence-electron chi connectivity index (χ1n) is 4.76. The third-order valence-corrected chi connectivity index (χ3v) is 2.52. The Kier molecular flexibility index (Phi) is 3.91. The Bertz CT molecular complexity index is 331. The van der Waals surface area contributed by atoms with Crippen LogP contribution in [0.25, 0.3) is 0 Å². The lowest BCUT2D eigenvalue weighted by atomic mass is 10.2. The molecule has 1 aromatic rings. The molecule has 82 valence electrons. The van der Waals surface area contributed by atoms with Crippen molar-refractivity contribution in [2.75, 3.05) is 11.4 Å². The fraction of sp³-hybridized carbons (Fsp3) is 0.400. The first kappa shape index (κ1) is 11.8. The predicted molar refractivity (Wildman–Crippen MR) is 61.0 cm³/mol. The Hall–Kier alpha value is -1.29. The van der Waals surface area contributed by atoms with Gasteiger partial charge in [-0.25, -0.2) is 4.98 Å². The highest BCUT2D eigenvalue weighted by Crippen LogP contribution is 2.22. The maximum Gasteiger partial charge on any atom is 0.240 e. The Morgan fingerprint density at radius 1 is 1.53 bits per heavy atom. The van der Waals surface area contributed by atoms with E-state index in [-0.39, 0.29) is 24.4 Å². The van der Waals surface area contributed by atoms with E-state index in [1.807, 2.05) is 23.1 Å². The summed E-state index contributed by atoms with van der Waals surface area (Å²) in [5.74, 6) is 0.585. The number of pyridine rings is 1. The number of amides is 1. The van der Waals surface area contributed by atoms with E-state index >= 15 is 0 Å². The maximum atomic E-state index is 11.1. The number of halogens is 1. The fourth-order valence-corrected chi connectivity index (χ4v) is 1.86. The average Bonchev–Trinajstić information content (AvgIpc) is 2.67. The molecular weight excluding hydrogens is 214 g/mol. The van der Waals surface area contributed by atoms with Gasteiger partial charge in [0.25, 0.3) is 0 Å². The normalized spacial score (nSPS) is 19.7. The second-order valence-electron chi connectivity index (χ2n) is 3.44. The van der Waals surface area contributed by atoms with Gasteiger partial charge in [0.1, 0.15) is 11.9 Å². The average molecular weight is 228 g/mol. The van der Waals surface area contributed by atoms with E-state index in [0.717, 1.165) is 25.2 Å². The maximum absolute atomic E-state index is 11.1. The predicted octanol–water partition coefficient (Wildman–Crippen LogP) is 0.957. The van der Waals surface area contributed by atoms with Crippen molar-refractivity contribution >= 4 is 24.1 Å². The molecule has 0 aromatic carbocycles. The molecule has 1 aliphatic heterocycles. The van der Waals surface area contributed by atoms with Crippen LogP contribution < -0.4 is 10.6 Å². The summed E-state index contributed by atoms with van der Waals surface area (Å²) in [5.41, 5.74) is 5.32. The monoisotopic (exact) mass is 227 g/mol. The van der Waals surface area contributed by atoms with Crippen molar-refractivity contribution in [2.45, 2.75) is 18.9 Å². The number of nitrogens with zero attached hydrogens (tertiary/aromatic N) is 2. The second-order valence-corrected chi connectivity index (χ2v) is 3.44. The van der Waals surface area contributed by atoms with Gasteiger partial charge in [-0.1, -0.05) is 6.07 Å². The molecule has 1 aromatic heterocycles. The van der Waals surface area contributed by atoms with Crippen LogP contribution >= 0.6 is 12.4 Å². The van der Waals surface area contributed by atoms with Crippen molar-refractivity contribution in [1.82, 2.24) is 4.98 Å². The van der Waals surface area contributed by atoms with Crippen molar-refractivity contribution in [3.05, 3.63) is 24.4 Å². The molecule has 1 aliphatic rings. The summed E-state index contributed by atoms with van der Waals surface area (Å²) in [6.07, 6.45) is 3.57. The van der Waals surface area contributed by atoms with Crippen LogP contribution in [0.4, 0.5) is 5.82 Å². The molecule has 2 rings (SSSR count). The number of carbonyl (C=O) groups excluding carboxylic acids is 1. The lowest BCUT2D eigenvalue weighted by molar-refractivity contribution is -0.119. The first-order valence-corrected chi connectivity index (χ1v) is 4.76. The molecule has 1 amide bonds. The molecule has 4 nitrogen and oxygen atoms in total. The van der Waals surface area contributed by atoms with Crippen LogP contribution in [-0.4, -0.2) is 23.5 Å². The molecule has 1 fully saturated rings. The summed E-state index contributed by atoms with van der Waals surface area (Å²) < 4.78 is 0. The smallest absolute Gasteiger partial charge is 0.240 e. The van der Waals surface area contributed by atoms with Gasteiger partial charge in [-0.3, -0.25) is 4.79 Å². The van der Waals surface area contributed by atoms with Gasteiger partial charge in [0.05, 0.1) is 0 Å². The third kappa shape index (κ3) is 2.39. The zero-order valence-corrected chi connectivity index (χ0v) is 9.11. The number of nitrogens with two attached hydrogens (primary N) is 1. The molecule has 1 unspecified atom stereocenters. The van der Waals surface area contributed by atoms with Crippen LogP contribution in [0.5, 0.6) is 0 Å². The highest BCUT2D eigenvalue weighted by atomic mass is 35.5. The third-order valence-electron chi connectivity index (χ3n) is 2.52. The van der Waals surface area contributed by atoms with Gasteiger partial charge in [-0.05, 0) is 25.0 Å². The van der Waals surface area contributed by atoms with Crippen LogP contribution in [0.2, 0.25) is 0 Å². The van der Waals surface area contributed by atoms with Crippen LogP contribution in [0.1, 0.15) is 12.8 Å². The van der Waals surface area contributed by atoms with Gasteiger partial charge >= 0.3 is 0 Å². The Morgan fingerprint density at radius 3 is 2.93 bits per heavy atom. The lowest BCUT2D eigenvalue weighted by Crippen LogP contribution is -2.40. The van der Waals surface area contributed by atoms with Gasteiger partial charge in [0, 0.05) is 12.7 Å². The molecule has 2 heterocycles. The zero-order valence-electron chi connectivity index (χ0n) is 8.30. The second kappa shape index (κ2) is 4.98. The van der Waals surface area contributed by atoms with Gasteiger partial charge in [0.15, 0.2) is 0 Å². The zero-order chi connectivity index (χ0) is 9.97. The molecule has 2 N–H and O–H groups in total. The number of rotatable bonds is 2. The molecule has 1 saturated heterocycles. The molecule has 0 bridgehead atoms. The fourth-order valence-electron chi connectivity index (χ4n) is 1.86. The molecule has 0 radical (unpaired) electrons. The number of hydrogen-bond acceptors (Lipinski definition) is 3. The van der Waals surface area contributed by atoms with Crippen molar-refractivity contribution in [3.63, 3.8) is 0 Å². The van der Waals surface area contributed by atoms with Gasteiger partial charge in [0.2, 0.25) is 5.91 Å². The topological polar surface area (TPSA) is 59.2 Å². The number of aromatic nitrogens is 1. The van der Waals surface area contributed by atoms with E-state index in [1.54, 1.807) is 6.20 Å². The number of hydrogen-bond donors (Lipinski definition) is 1. The van der Waals surface area contributed by atoms with E-state index in [4.69, 9.17) is 5.73 Å². The molecule has 0 spiro atoms. The minimum atomic E-state index is -0.256. The van der Waals surface area contributed by atoms with Crippen molar-refractivity contribution in [3.8, 4) is 0 Å². The molecule has 0 aliphatic carbocycles. The summed E-state index contributed by atoms with van der Waals surface area (Å²) in [7, 11) is 0.